The third-order valence-corrected chi connectivity index (χ3v) is 6.82. The summed E-state index contributed by atoms with van der Waals surface area (Å²) < 4.78 is 5.76. The zero-order chi connectivity index (χ0) is 23.5. The van der Waals surface area contributed by atoms with Crippen LogP contribution in [0.1, 0.15) is 24.1 Å². The quantitative estimate of drug-likeness (QED) is 0.398. The molecule has 10 heteroatoms. The largest absolute Gasteiger partial charge is 0.490 e. The van der Waals surface area contributed by atoms with Crippen LogP contribution in [0.25, 0.3) is 0 Å². The lowest BCUT2D eigenvalue weighted by Crippen LogP contribution is -2.44. The third kappa shape index (κ3) is 5.34. The fourth-order valence-corrected chi connectivity index (χ4v) is 4.71. The normalized spacial score (nSPS) is 15.9. The molecule has 2 fully saturated rings. The second-order valence-corrected chi connectivity index (χ2v) is 9.71. The van der Waals surface area contributed by atoms with Gasteiger partial charge in [0.25, 0.3) is 0 Å². The van der Waals surface area contributed by atoms with Crippen molar-refractivity contribution in [3.63, 3.8) is 0 Å². The topological polar surface area (TPSA) is 108 Å². The second-order valence-electron chi connectivity index (χ2n) is 8.67. The monoisotopic (exact) mass is 479 g/mol. The van der Waals surface area contributed by atoms with E-state index in [1.165, 1.54) is 11.8 Å². The van der Waals surface area contributed by atoms with Crippen LogP contribution in [0.2, 0.25) is 0 Å². The molecule has 0 atom stereocenters. The lowest BCUT2D eigenvalue weighted by atomic mass is 10.1. The van der Waals surface area contributed by atoms with Crippen molar-refractivity contribution in [3.8, 4) is 5.75 Å². The molecule has 0 unspecified atom stereocenters. The van der Waals surface area contributed by atoms with Crippen LogP contribution in [0.5, 0.6) is 5.75 Å². The highest BCUT2D eigenvalue weighted by Crippen LogP contribution is 2.38. The van der Waals surface area contributed by atoms with Crippen molar-refractivity contribution in [1.82, 2.24) is 25.5 Å². The highest BCUT2D eigenvalue weighted by atomic mass is 32.2. The highest BCUT2D eigenvalue weighted by Gasteiger charge is 2.29. The van der Waals surface area contributed by atoms with E-state index in [1.54, 1.807) is 7.11 Å². The maximum Gasteiger partial charge on any atom is 0.204 e. The highest BCUT2D eigenvalue weighted by molar-refractivity contribution is 7.99. The fourth-order valence-electron chi connectivity index (χ4n) is 3.96. The van der Waals surface area contributed by atoms with Crippen LogP contribution < -0.4 is 20.3 Å². The van der Waals surface area contributed by atoms with Crippen LogP contribution in [-0.2, 0) is 11.2 Å². The number of ether oxygens (including phenoxy) is 1. The van der Waals surface area contributed by atoms with Crippen molar-refractivity contribution < 1.29 is 9.53 Å². The first-order chi connectivity index (χ1) is 16.6. The number of nitrogens with one attached hydrogen (secondary N) is 3. The molecule has 9 nitrogen and oxygen atoms in total. The second kappa shape index (κ2) is 10.0. The number of hydrogen-bond acceptors (Lipinski definition) is 9. The molecule has 0 radical (unpaired) electrons. The number of H-pyrrole nitrogens is 1. The minimum atomic E-state index is 0.286. The zero-order valence-corrected chi connectivity index (χ0v) is 20.2. The molecular weight excluding hydrogens is 450 g/mol. The molecule has 3 heterocycles. The summed E-state index contributed by atoms with van der Waals surface area (Å²) in [6.07, 6.45) is 2.61. The first kappa shape index (κ1) is 22.7. The molecule has 178 valence electrons. The summed E-state index contributed by atoms with van der Waals surface area (Å²) >= 11 is 1.49. The first-order valence-electron chi connectivity index (χ1n) is 11.6. The van der Waals surface area contributed by atoms with Crippen LogP contribution in [0.4, 0.5) is 17.5 Å². The first-order valence-corrected chi connectivity index (χ1v) is 12.4. The van der Waals surface area contributed by atoms with Crippen LogP contribution in [-0.4, -0.2) is 59.2 Å². The van der Waals surface area contributed by atoms with Gasteiger partial charge in [-0.2, -0.15) is 5.10 Å². The number of Topliss-reactive ketones (excluding diaryl/α,β-unsaturated/α-hetero) is 1. The van der Waals surface area contributed by atoms with E-state index in [9.17, 15) is 4.79 Å². The lowest BCUT2D eigenvalue weighted by Gasteiger charge is -2.30. The van der Waals surface area contributed by atoms with Gasteiger partial charge in [-0.1, -0.05) is 12.1 Å². The van der Waals surface area contributed by atoms with Gasteiger partial charge in [0.05, 0.1) is 7.11 Å². The Balaban J connectivity index is 1.42. The Morgan fingerprint density at radius 2 is 1.97 bits per heavy atom. The van der Waals surface area contributed by atoms with Gasteiger partial charge in [-0.3, -0.25) is 9.89 Å². The molecule has 2 aliphatic rings. The Bertz CT molecular complexity index is 1150. The summed E-state index contributed by atoms with van der Waals surface area (Å²) in [5.41, 5.74) is 2.00. The van der Waals surface area contributed by atoms with Crippen molar-refractivity contribution in [2.45, 2.75) is 36.2 Å². The number of nitrogens with zero attached hydrogens (tertiary/aromatic N) is 4. The Kier molecular flexibility index (Phi) is 6.68. The molecule has 1 aliphatic carbocycles. The standard InChI is InChI=1S/C24H29N7O2S/c1-15-13-20(30-29-15)26-22-21(33-2)23(31-11-9-25-10-12-31)28-24(27-22)34-18-7-3-16(4-8-18)14-19(32)17-5-6-17/h3-4,7-8,13,17,25H,5-6,9-12,14H2,1-2H3,(H2,26,27,28,29,30). The Labute approximate surface area is 203 Å². The van der Waals surface area contributed by atoms with Crippen molar-refractivity contribution in [2.75, 3.05) is 43.5 Å². The van der Waals surface area contributed by atoms with E-state index in [2.05, 4.69) is 25.7 Å². The summed E-state index contributed by atoms with van der Waals surface area (Å²) in [5.74, 6) is 3.25. The molecule has 0 amide bonds. The number of aryl methyl sites for hydroxylation is 1. The average Bonchev–Trinajstić information content (AvgIpc) is 3.63. The van der Waals surface area contributed by atoms with Gasteiger partial charge in [-0.25, -0.2) is 9.97 Å². The van der Waals surface area contributed by atoms with Gasteiger partial charge in [0.1, 0.15) is 5.78 Å². The minimum Gasteiger partial charge on any atom is -0.490 e. The average molecular weight is 480 g/mol. The predicted molar refractivity (Wildman–Crippen MR) is 132 cm³/mol. The lowest BCUT2D eigenvalue weighted by molar-refractivity contribution is -0.119. The van der Waals surface area contributed by atoms with Crippen molar-refractivity contribution in [1.29, 1.82) is 0 Å². The van der Waals surface area contributed by atoms with Crippen LogP contribution >= 0.6 is 11.8 Å². The number of carbonyl (C=O) groups excluding carboxylic acids is 1. The Morgan fingerprint density at radius 1 is 1.21 bits per heavy atom. The SMILES string of the molecule is COc1c(Nc2cc(C)[nH]n2)nc(Sc2ccc(CC(=O)C3CC3)cc2)nc1N1CCNCC1. The number of carbonyl (C=O) groups is 1. The smallest absolute Gasteiger partial charge is 0.204 e. The molecule has 0 spiro atoms. The van der Waals surface area contributed by atoms with Crippen LogP contribution in [0, 0.1) is 12.8 Å². The molecule has 3 aromatic rings. The molecule has 1 saturated heterocycles. The molecule has 5 rings (SSSR count). The van der Waals surface area contributed by atoms with Crippen LogP contribution in [0.15, 0.2) is 40.4 Å². The number of methoxy groups -OCH3 is 1. The molecule has 1 saturated carbocycles. The van der Waals surface area contributed by atoms with Gasteiger partial charge in [-0.05, 0) is 49.2 Å². The van der Waals surface area contributed by atoms with Gasteiger partial charge in [0, 0.05) is 55.2 Å². The summed E-state index contributed by atoms with van der Waals surface area (Å²) in [6, 6.07) is 10.0. The molecule has 1 aromatic carbocycles. The predicted octanol–water partition coefficient (Wildman–Crippen LogP) is 3.34. The summed E-state index contributed by atoms with van der Waals surface area (Å²) in [7, 11) is 1.64. The molecule has 0 bridgehead atoms. The van der Waals surface area contributed by atoms with Gasteiger partial charge >= 0.3 is 0 Å². The van der Waals surface area contributed by atoms with Crippen LogP contribution in [0.3, 0.4) is 0 Å². The van der Waals surface area contributed by atoms with Crippen molar-refractivity contribution in [3.05, 3.63) is 41.6 Å². The summed E-state index contributed by atoms with van der Waals surface area (Å²) in [6.45, 7) is 5.39. The van der Waals surface area contributed by atoms with E-state index < -0.39 is 0 Å². The van der Waals surface area contributed by atoms with Gasteiger partial charge in [-0.15, -0.1) is 0 Å². The van der Waals surface area contributed by atoms with Crippen molar-refractivity contribution in [2.24, 2.45) is 5.92 Å². The molecule has 34 heavy (non-hydrogen) atoms. The van der Waals surface area contributed by atoms with E-state index >= 15 is 0 Å². The van der Waals surface area contributed by atoms with Gasteiger partial charge in [0.15, 0.2) is 22.6 Å². The van der Waals surface area contributed by atoms with E-state index in [0.717, 1.165) is 61.0 Å². The number of benzene rings is 1. The Morgan fingerprint density at radius 3 is 2.62 bits per heavy atom. The number of rotatable bonds is 9. The maximum atomic E-state index is 12.1. The van der Waals surface area contributed by atoms with Gasteiger partial charge < -0.3 is 20.3 Å². The number of anilines is 3. The minimum absolute atomic E-state index is 0.286. The number of hydrogen-bond donors (Lipinski definition) is 3. The number of ketones is 1. The van der Waals surface area contributed by atoms with E-state index in [-0.39, 0.29) is 5.92 Å². The van der Waals surface area contributed by atoms with E-state index in [0.29, 0.717) is 34.7 Å². The molecule has 1 aliphatic heterocycles. The molecule has 3 N–H and O–H groups in total. The third-order valence-electron chi connectivity index (χ3n) is 5.94. The fraction of sp³-hybridized carbons (Fsp3) is 0.417. The Hall–Kier alpha value is -3.11. The number of piperazine rings is 1. The molecular formula is C24H29N7O2S. The zero-order valence-electron chi connectivity index (χ0n) is 19.4. The summed E-state index contributed by atoms with van der Waals surface area (Å²) in [4.78, 5) is 25.0. The van der Waals surface area contributed by atoms with Gasteiger partial charge in [0.2, 0.25) is 5.75 Å². The van der Waals surface area contributed by atoms with Crippen molar-refractivity contribution >= 4 is 35.0 Å². The number of aromatic nitrogens is 4. The van der Waals surface area contributed by atoms with E-state index in [4.69, 9.17) is 14.7 Å². The van der Waals surface area contributed by atoms with E-state index in [1.807, 2.05) is 37.3 Å². The number of aromatic amines is 1. The summed E-state index contributed by atoms with van der Waals surface area (Å²) in [5, 5.41) is 14.5. The maximum absolute atomic E-state index is 12.1. The molecule has 2 aromatic heterocycles.